The number of likely N-dealkylation sites (tertiary alicyclic amines) is 1. The van der Waals surface area contributed by atoms with Crippen LogP contribution in [0.25, 0.3) is 0 Å². The van der Waals surface area contributed by atoms with Gasteiger partial charge in [-0.25, -0.2) is 0 Å². The van der Waals surface area contributed by atoms with E-state index in [1.54, 1.807) is 0 Å². The van der Waals surface area contributed by atoms with E-state index >= 15 is 0 Å². The average Bonchev–Trinajstić information content (AvgIpc) is 2.47. The van der Waals surface area contributed by atoms with Gasteiger partial charge in [0, 0.05) is 6.04 Å². The molecule has 0 aromatic heterocycles. The fourth-order valence-corrected chi connectivity index (χ4v) is 2.91. The van der Waals surface area contributed by atoms with Gasteiger partial charge in [0.05, 0.1) is 0 Å². The van der Waals surface area contributed by atoms with E-state index in [1.165, 1.54) is 70.9 Å². The van der Waals surface area contributed by atoms with Gasteiger partial charge in [0.2, 0.25) is 0 Å². The lowest BCUT2D eigenvalue weighted by Crippen LogP contribution is -2.38. The highest BCUT2D eigenvalue weighted by Crippen LogP contribution is 2.24. The molecular weight excluding hydrogens is 158 g/mol. The van der Waals surface area contributed by atoms with E-state index in [0.29, 0.717) is 0 Å². The van der Waals surface area contributed by atoms with Gasteiger partial charge in [0.15, 0.2) is 0 Å². The molecule has 0 bridgehead atoms. The van der Waals surface area contributed by atoms with Crippen molar-refractivity contribution in [3.05, 3.63) is 0 Å². The van der Waals surface area contributed by atoms with Crippen LogP contribution in [0.4, 0.5) is 0 Å². The molecule has 0 aromatic carbocycles. The zero-order valence-electron chi connectivity index (χ0n) is 8.80. The van der Waals surface area contributed by atoms with Crippen molar-refractivity contribution in [2.75, 3.05) is 13.1 Å². The van der Waals surface area contributed by atoms with Crippen LogP contribution in [0, 0.1) is 0 Å². The Balaban J connectivity index is 1.82. The molecule has 0 N–H and O–H groups in total. The fraction of sp³-hybridized carbons (Fsp3) is 1.00. The first-order valence-corrected chi connectivity index (χ1v) is 6.21. The second kappa shape index (κ2) is 4.99. The molecule has 1 saturated heterocycles. The summed E-state index contributed by atoms with van der Waals surface area (Å²) >= 11 is 0. The Morgan fingerprint density at radius 1 is 0.615 bits per heavy atom. The molecule has 13 heavy (non-hydrogen) atoms. The first kappa shape index (κ1) is 9.51. The Kier molecular flexibility index (Phi) is 3.65. The minimum absolute atomic E-state index is 0.961. The van der Waals surface area contributed by atoms with Gasteiger partial charge in [0.25, 0.3) is 0 Å². The molecule has 1 heterocycles. The highest BCUT2D eigenvalue weighted by molar-refractivity contribution is 4.76. The van der Waals surface area contributed by atoms with Crippen LogP contribution < -0.4 is 0 Å². The summed E-state index contributed by atoms with van der Waals surface area (Å²) in [6, 6.07) is 0.961. The fourth-order valence-electron chi connectivity index (χ4n) is 2.91. The lowest BCUT2D eigenvalue weighted by atomic mass is 10.0. The average molecular weight is 181 g/mol. The summed E-state index contributed by atoms with van der Waals surface area (Å²) in [5.41, 5.74) is 0. The molecule has 1 heteroatoms. The minimum atomic E-state index is 0.961. The molecule has 2 fully saturated rings. The van der Waals surface area contributed by atoms with E-state index in [9.17, 15) is 0 Å². The molecule has 0 amide bonds. The maximum atomic E-state index is 2.77. The van der Waals surface area contributed by atoms with Crippen molar-refractivity contribution in [3.63, 3.8) is 0 Å². The summed E-state index contributed by atoms with van der Waals surface area (Å²) in [6.07, 6.45) is 13.3. The van der Waals surface area contributed by atoms with Crippen molar-refractivity contribution in [2.45, 2.75) is 63.8 Å². The minimum Gasteiger partial charge on any atom is -0.300 e. The third kappa shape index (κ3) is 2.70. The van der Waals surface area contributed by atoms with Gasteiger partial charge in [0.1, 0.15) is 0 Å². The molecule has 1 aliphatic carbocycles. The van der Waals surface area contributed by atoms with Crippen LogP contribution in [0.3, 0.4) is 0 Å². The lowest BCUT2D eigenvalue weighted by molar-refractivity contribution is 0.149. The van der Waals surface area contributed by atoms with E-state index in [4.69, 9.17) is 0 Å². The second-order valence-electron chi connectivity index (χ2n) is 4.74. The number of piperidine rings is 1. The molecule has 1 aliphatic heterocycles. The van der Waals surface area contributed by atoms with Gasteiger partial charge in [-0.1, -0.05) is 32.1 Å². The summed E-state index contributed by atoms with van der Waals surface area (Å²) in [5.74, 6) is 0. The van der Waals surface area contributed by atoms with E-state index in [0.717, 1.165) is 6.04 Å². The quantitative estimate of drug-likeness (QED) is 0.561. The Bertz CT molecular complexity index is 130. The standard InChI is InChI=1S/C12H23N/c1-2-5-9-12(8-4-1)13-10-6-3-7-11-13/h12H,1-11H2. The van der Waals surface area contributed by atoms with Crippen LogP contribution >= 0.6 is 0 Å². The van der Waals surface area contributed by atoms with Crippen molar-refractivity contribution in [1.82, 2.24) is 4.90 Å². The van der Waals surface area contributed by atoms with Gasteiger partial charge in [-0.2, -0.15) is 0 Å². The number of rotatable bonds is 1. The highest BCUT2D eigenvalue weighted by atomic mass is 15.2. The van der Waals surface area contributed by atoms with Gasteiger partial charge < -0.3 is 4.90 Å². The molecule has 0 radical (unpaired) electrons. The normalized spacial score (nSPS) is 28.6. The van der Waals surface area contributed by atoms with E-state index in [1.807, 2.05) is 0 Å². The Hall–Kier alpha value is -0.0400. The predicted octanol–water partition coefficient (Wildman–Crippen LogP) is 3.20. The number of hydrogen-bond acceptors (Lipinski definition) is 1. The topological polar surface area (TPSA) is 3.24 Å². The van der Waals surface area contributed by atoms with Crippen molar-refractivity contribution in [2.24, 2.45) is 0 Å². The molecule has 1 nitrogen and oxygen atoms in total. The van der Waals surface area contributed by atoms with Gasteiger partial charge in [-0.3, -0.25) is 0 Å². The third-order valence-corrected chi connectivity index (χ3v) is 3.73. The molecule has 0 spiro atoms. The summed E-state index contributed by atoms with van der Waals surface area (Å²) in [5, 5.41) is 0. The molecule has 2 aliphatic rings. The SMILES string of the molecule is C1CCCC(N2CCCCC2)CC1. The molecular formula is C12H23N. The Morgan fingerprint density at radius 2 is 1.15 bits per heavy atom. The molecule has 1 saturated carbocycles. The summed E-state index contributed by atoms with van der Waals surface area (Å²) in [6.45, 7) is 2.79. The zero-order valence-corrected chi connectivity index (χ0v) is 8.80. The smallest absolute Gasteiger partial charge is 0.00952 e. The summed E-state index contributed by atoms with van der Waals surface area (Å²) < 4.78 is 0. The third-order valence-electron chi connectivity index (χ3n) is 3.73. The zero-order chi connectivity index (χ0) is 8.93. The Morgan fingerprint density at radius 3 is 1.77 bits per heavy atom. The monoisotopic (exact) mass is 181 g/mol. The van der Waals surface area contributed by atoms with E-state index in [2.05, 4.69) is 4.90 Å². The molecule has 0 atom stereocenters. The summed E-state index contributed by atoms with van der Waals surface area (Å²) in [4.78, 5) is 2.77. The van der Waals surface area contributed by atoms with Gasteiger partial charge in [-0.05, 0) is 38.8 Å². The summed E-state index contributed by atoms with van der Waals surface area (Å²) in [7, 11) is 0. The first-order valence-electron chi connectivity index (χ1n) is 6.21. The van der Waals surface area contributed by atoms with Crippen molar-refractivity contribution >= 4 is 0 Å². The van der Waals surface area contributed by atoms with Crippen LogP contribution in [0.15, 0.2) is 0 Å². The lowest BCUT2D eigenvalue weighted by Gasteiger charge is -2.34. The maximum Gasteiger partial charge on any atom is 0.00952 e. The highest BCUT2D eigenvalue weighted by Gasteiger charge is 2.20. The van der Waals surface area contributed by atoms with Gasteiger partial charge in [-0.15, -0.1) is 0 Å². The maximum absolute atomic E-state index is 2.77. The van der Waals surface area contributed by atoms with Crippen LogP contribution in [0.2, 0.25) is 0 Å². The molecule has 0 aromatic rings. The number of nitrogens with zero attached hydrogens (tertiary/aromatic N) is 1. The van der Waals surface area contributed by atoms with Crippen molar-refractivity contribution in [1.29, 1.82) is 0 Å². The number of hydrogen-bond donors (Lipinski definition) is 0. The largest absolute Gasteiger partial charge is 0.300 e. The van der Waals surface area contributed by atoms with Crippen LogP contribution in [-0.2, 0) is 0 Å². The predicted molar refractivity (Wildman–Crippen MR) is 56.9 cm³/mol. The first-order chi connectivity index (χ1) is 6.47. The van der Waals surface area contributed by atoms with Crippen LogP contribution in [0.1, 0.15) is 57.8 Å². The van der Waals surface area contributed by atoms with E-state index < -0.39 is 0 Å². The van der Waals surface area contributed by atoms with Crippen LogP contribution in [0.5, 0.6) is 0 Å². The second-order valence-corrected chi connectivity index (χ2v) is 4.74. The molecule has 2 rings (SSSR count). The van der Waals surface area contributed by atoms with E-state index in [-0.39, 0.29) is 0 Å². The van der Waals surface area contributed by atoms with Crippen molar-refractivity contribution < 1.29 is 0 Å². The van der Waals surface area contributed by atoms with Gasteiger partial charge >= 0.3 is 0 Å². The molecule has 76 valence electrons. The van der Waals surface area contributed by atoms with Crippen molar-refractivity contribution in [3.8, 4) is 0 Å². The molecule has 0 unspecified atom stereocenters. The Labute approximate surface area is 82.5 Å². The van der Waals surface area contributed by atoms with Crippen LogP contribution in [-0.4, -0.2) is 24.0 Å².